The molecule has 0 aliphatic carbocycles. The number of methoxy groups -OCH3 is 1. The molecule has 0 aromatic heterocycles. The summed E-state index contributed by atoms with van der Waals surface area (Å²) < 4.78 is 11.0. The molecule has 0 amide bonds. The number of anilines is 1. The first-order valence-electron chi connectivity index (χ1n) is 5.76. The summed E-state index contributed by atoms with van der Waals surface area (Å²) in [5.41, 5.74) is 7.96. The van der Waals surface area contributed by atoms with Crippen LogP contribution in [0.4, 0.5) is 5.69 Å². The highest BCUT2D eigenvalue weighted by Crippen LogP contribution is 2.33. The van der Waals surface area contributed by atoms with E-state index in [1.54, 1.807) is 30.3 Å². The van der Waals surface area contributed by atoms with Crippen molar-refractivity contribution in [2.75, 3.05) is 12.8 Å². The minimum atomic E-state index is 0.522. The van der Waals surface area contributed by atoms with Gasteiger partial charge in [0.1, 0.15) is 5.75 Å². The van der Waals surface area contributed by atoms with Crippen LogP contribution in [0.2, 0.25) is 0 Å². The van der Waals surface area contributed by atoms with Gasteiger partial charge in [-0.15, -0.1) is 0 Å². The van der Waals surface area contributed by atoms with Crippen molar-refractivity contribution < 1.29 is 9.47 Å². The molecular weight excluding hydrogens is 240 g/mol. The van der Waals surface area contributed by atoms with Crippen LogP contribution in [0.25, 0.3) is 0 Å². The molecule has 4 heteroatoms. The van der Waals surface area contributed by atoms with Crippen LogP contribution in [0.5, 0.6) is 17.2 Å². The first-order chi connectivity index (χ1) is 9.13. The number of nitriles is 1. The second-order valence-corrected chi connectivity index (χ2v) is 4.10. The Hall–Kier alpha value is -2.67. The lowest BCUT2D eigenvalue weighted by molar-refractivity contribution is 0.378. The number of nitrogens with zero attached hydrogens (tertiary/aromatic N) is 1. The maximum atomic E-state index is 8.84. The number of aryl methyl sites for hydroxylation is 1. The molecule has 0 heterocycles. The van der Waals surface area contributed by atoms with Crippen LogP contribution in [0.15, 0.2) is 36.4 Å². The standard InChI is InChI=1S/C15H14N2O2/c1-10-7-12(4-5-13(10)17)19-14-6-3-11(9-16)8-15(14)18-2/h3-8H,17H2,1-2H3. The predicted octanol–water partition coefficient (Wildman–Crippen LogP) is 3.25. The Labute approximate surface area is 112 Å². The van der Waals surface area contributed by atoms with Gasteiger partial charge in [-0.1, -0.05) is 0 Å². The van der Waals surface area contributed by atoms with Crippen LogP contribution in [-0.4, -0.2) is 7.11 Å². The van der Waals surface area contributed by atoms with Crippen molar-refractivity contribution in [2.24, 2.45) is 0 Å². The summed E-state index contributed by atoms with van der Waals surface area (Å²) in [6, 6.07) is 12.5. The lowest BCUT2D eigenvalue weighted by Gasteiger charge is -2.11. The van der Waals surface area contributed by atoms with Crippen LogP contribution in [0.1, 0.15) is 11.1 Å². The summed E-state index contributed by atoms with van der Waals surface area (Å²) in [4.78, 5) is 0. The maximum absolute atomic E-state index is 8.84. The van der Waals surface area contributed by atoms with Crippen LogP contribution in [0.3, 0.4) is 0 Å². The van der Waals surface area contributed by atoms with Gasteiger partial charge in [0.05, 0.1) is 18.7 Å². The van der Waals surface area contributed by atoms with Crippen molar-refractivity contribution in [2.45, 2.75) is 6.92 Å². The van der Waals surface area contributed by atoms with E-state index in [1.165, 1.54) is 7.11 Å². The van der Waals surface area contributed by atoms with Crippen molar-refractivity contribution >= 4 is 5.69 Å². The molecule has 0 radical (unpaired) electrons. The number of nitrogens with two attached hydrogens (primary N) is 1. The molecule has 0 spiro atoms. The van der Waals surface area contributed by atoms with Gasteiger partial charge in [-0.2, -0.15) is 5.26 Å². The molecule has 0 aliphatic rings. The minimum Gasteiger partial charge on any atom is -0.493 e. The summed E-state index contributed by atoms with van der Waals surface area (Å²) in [6.45, 7) is 1.91. The zero-order valence-electron chi connectivity index (χ0n) is 10.8. The van der Waals surface area contributed by atoms with E-state index < -0.39 is 0 Å². The van der Waals surface area contributed by atoms with Crippen LogP contribution >= 0.6 is 0 Å². The average molecular weight is 254 g/mol. The second-order valence-electron chi connectivity index (χ2n) is 4.10. The van der Waals surface area contributed by atoms with Gasteiger partial charge in [0.25, 0.3) is 0 Å². The summed E-state index contributed by atoms with van der Waals surface area (Å²) in [5, 5.41) is 8.84. The van der Waals surface area contributed by atoms with Crippen LogP contribution in [0, 0.1) is 18.3 Å². The number of benzene rings is 2. The molecular formula is C15H14N2O2. The monoisotopic (exact) mass is 254 g/mol. The van der Waals surface area contributed by atoms with E-state index in [1.807, 2.05) is 13.0 Å². The van der Waals surface area contributed by atoms with E-state index in [0.717, 1.165) is 11.3 Å². The quantitative estimate of drug-likeness (QED) is 0.854. The number of nitrogen functional groups attached to an aromatic ring is 1. The molecule has 2 N–H and O–H groups in total. The topological polar surface area (TPSA) is 68.3 Å². The van der Waals surface area contributed by atoms with Crippen LogP contribution < -0.4 is 15.2 Å². The maximum Gasteiger partial charge on any atom is 0.169 e. The predicted molar refractivity (Wildman–Crippen MR) is 73.4 cm³/mol. The van der Waals surface area contributed by atoms with Crippen LogP contribution in [-0.2, 0) is 0 Å². The van der Waals surface area contributed by atoms with Gasteiger partial charge in [0.2, 0.25) is 0 Å². The Morgan fingerprint density at radius 2 is 1.89 bits per heavy atom. The third kappa shape index (κ3) is 2.78. The Bertz CT molecular complexity index is 645. The first kappa shape index (κ1) is 12.8. The van der Waals surface area contributed by atoms with E-state index in [9.17, 15) is 0 Å². The number of hydrogen-bond acceptors (Lipinski definition) is 4. The molecule has 4 nitrogen and oxygen atoms in total. The molecule has 0 aliphatic heterocycles. The largest absolute Gasteiger partial charge is 0.493 e. The molecule has 0 fully saturated rings. The van der Waals surface area contributed by atoms with E-state index in [-0.39, 0.29) is 0 Å². The van der Waals surface area contributed by atoms with E-state index >= 15 is 0 Å². The van der Waals surface area contributed by atoms with E-state index in [4.69, 9.17) is 20.5 Å². The fourth-order valence-electron chi connectivity index (χ4n) is 1.66. The zero-order valence-corrected chi connectivity index (χ0v) is 10.8. The molecule has 96 valence electrons. The highest BCUT2D eigenvalue weighted by Gasteiger charge is 2.07. The van der Waals surface area contributed by atoms with Gasteiger partial charge in [-0.05, 0) is 42.8 Å². The van der Waals surface area contributed by atoms with Gasteiger partial charge in [0.15, 0.2) is 11.5 Å². The fraction of sp³-hybridized carbons (Fsp3) is 0.133. The van der Waals surface area contributed by atoms with Gasteiger partial charge < -0.3 is 15.2 Å². The fourth-order valence-corrected chi connectivity index (χ4v) is 1.66. The SMILES string of the molecule is COc1cc(C#N)ccc1Oc1ccc(N)c(C)c1. The molecule has 0 bridgehead atoms. The molecule has 2 aromatic rings. The lowest BCUT2D eigenvalue weighted by atomic mass is 10.2. The Kier molecular flexibility index (Phi) is 3.58. The number of rotatable bonds is 3. The Balaban J connectivity index is 2.32. The van der Waals surface area contributed by atoms with Crippen molar-refractivity contribution in [1.29, 1.82) is 5.26 Å². The van der Waals surface area contributed by atoms with Crippen molar-refractivity contribution in [1.82, 2.24) is 0 Å². The summed E-state index contributed by atoms with van der Waals surface area (Å²) in [7, 11) is 1.54. The normalized spacial score (nSPS) is 9.74. The summed E-state index contributed by atoms with van der Waals surface area (Å²) in [5.74, 6) is 1.76. The lowest BCUT2D eigenvalue weighted by Crippen LogP contribution is -1.93. The number of hydrogen-bond donors (Lipinski definition) is 1. The molecule has 2 aromatic carbocycles. The highest BCUT2D eigenvalue weighted by molar-refractivity contribution is 5.52. The number of ether oxygens (including phenoxy) is 2. The molecule has 0 saturated heterocycles. The molecule has 19 heavy (non-hydrogen) atoms. The Morgan fingerprint density at radius 3 is 2.53 bits per heavy atom. The van der Waals surface area contributed by atoms with E-state index in [0.29, 0.717) is 22.8 Å². The molecule has 2 rings (SSSR count). The summed E-state index contributed by atoms with van der Waals surface area (Å²) in [6.07, 6.45) is 0. The Morgan fingerprint density at radius 1 is 1.11 bits per heavy atom. The first-order valence-corrected chi connectivity index (χ1v) is 5.76. The highest BCUT2D eigenvalue weighted by atomic mass is 16.5. The van der Waals surface area contributed by atoms with Crippen molar-refractivity contribution in [3.05, 3.63) is 47.5 Å². The molecule has 0 unspecified atom stereocenters. The van der Waals surface area contributed by atoms with Gasteiger partial charge >= 0.3 is 0 Å². The van der Waals surface area contributed by atoms with Crippen molar-refractivity contribution in [3.63, 3.8) is 0 Å². The minimum absolute atomic E-state index is 0.522. The van der Waals surface area contributed by atoms with E-state index in [2.05, 4.69) is 6.07 Å². The second kappa shape index (κ2) is 5.32. The van der Waals surface area contributed by atoms with Gasteiger partial charge in [0, 0.05) is 11.8 Å². The average Bonchev–Trinajstić information content (AvgIpc) is 2.43. The van der Waals surface area contributed by atoms with Crippen molar-refractivity contribution in [3.8, 4) is 23.3 Å². The summed E-state index contributed by atoms with van der Waals surface area (Å²) >= 11 is 0. The molecule has 0 saturated carbocycles. The van der Waals surface area contributed by atoms with Gasteiger partial charge in [-0.25, -0.2) is 0 Å². The third-order valence-corrected chi connectivity index (χ3v) is 2.76. The smallest absolute Gasteiger partial charge is 0.169 e. The third-order valence-electron chi connectivity index (χ3n) is 2.76. The molecule has 0 atom stereocenters. The zero-order chi connectivity index (χ0) is 13.8. The van der Waals surface area contributed by atoms with Gasteiger partial charge in [-0.3, -0.25) is 0 Å².